The molecule has 0 aliphatic rings. The van der Waals surface area contributed by atoms with Gasteiger partial charge in [-0.2, -0.15) is 0 Å². The molecule has 16 heavy (non-hydrogen) atoms. The monoisotopic (exact) mass is 243 g/mol. The van der Waals surface area contributed by atoms with Crippen LogP contribution < -0.4 is 10.5 Å². The van der Waals surface area contributed by atoms with Crippen molar-refractivity contribution in [1.82, 2.24) is 0 Å². The summed E-state index contributed by atoms with van der Waals surface area (Å²) in [5, 5.41) is 0. The van der Waals surface area contributed by atoms with Crippen LogP contribution in [0.2, 0.25) is 0 Å². The lowest BCUT2D eigenvalue weighted by Crippen LogP contribution is -2.10. The van der Waals surface area contributed by atoms with Crippen LogP contribution in [0.25, 0.3) is 0 Å². The molecule has 2 N–H and O–H groups in total. The highest BCUT2D eigenvalue weighted by molar-refractivity contribution is 7.80. The predicted octanol–water partition coefficient (Wildman–Crippen LogP) is 1.88. The molecule has 3 nitrogen and oxygen atoms in total. The third kappa shape index (κ3) is 3.75. The van der Waals surface area contributed by atoms with Crippen molar-refractivity contribution >= 4 is 17.2 Å². The lowest BCUT2D eigenvalue weighted by atomic mass is 10.2. The third-order valence-electron chi connectivity index (χ3n) is 1.97. The zero-order valence-corrected chi connectivity index (χ0v) is 9.85. The normalized spacial score (nSPS) is 10.1. The Morgan fingerprint density at radius 3 is 2.75 bits per heavy atom. The number of thiocarbonyl (C=S) groups is 1. The number of hydrogen-bond acceptors (Lipinski definition) is 3. The van der Waals surface area contributed by atoms with E-state index in [2.05, 4.69) is 0 Å². The largest absolute Gasteiger partial charge is 0.490 e. The van der Waals surface area contributed by atoms with Gasteiger partial charge in [-0.3, -0.25) is 0 Å². The Balaban J connectivity index is 2.57. The molecule has 0 saturated heterocycles. The predicted molar refractivity (Wildman–Crippen MR) is 64.3 cm³/mol. The second-order valence-corrected chi connectivity index (χ2v) is 3.64. The Hall–Kier alpha value is -1.20. The quantitative estimate of drug-likeness (QED) is 0.612. The molecule has 1 aromatic carbocycles. The van der Waals surface area contributed by atoms with E-state index >= 15 is 0 Å². The van der Waals surface area contributed by atoms with Gasteiger partial charge in [0, 0.05) is 25.7 Å². The molecule has 1 rings (SSSR count). The van der Waals surface area contributed by atoms with E-state index in [9.17, 15) is 4.39 Å². The first-order chi connectivity index (χ1) is 7.65. The van der Waals surface area contributed by atoms with Crippen molar-refractivity contribution in [3.63, 3.8) is 0 Å². The second kappa shape index (κ2) is 6.40. The van der Waals surface area contributed by atoms with Crippen LogP contribution in [0.5, 0.6) is 5.75 Å². The van der Waals surface area contributed by atoms with Gasteiger partial charge in [0.2, 0.25) is 0 Å². The molecule has 0 bridgehead atoms. The highest BCUT2D eigenvalue weighted by Crippen LogP contribution is 2.18. The Kier molecular flexibility index (Phi) is 5.14. The number of hydrogen-bond donors (Lipinski definition) is 1. The molecular weight excluding hydrogens is 229 g/mol. The van der Waals surface area contributed by atoms with E-state index in [0.717, 1.165) is 0 Å². The third-order valence-corrected chi connectivity index (χ3v) is 2.20. The fourth-order valence-corrected chi connectivity index (χ4v) is 1.28. The van der Waals surface area contributed by atoms with E-state index in [0.29, 0.717) is 25.2 Å². The van der Waals surface area contributed by atoms with E-state index < -0.39 is 5.82 Å². The first-order valence-electron chi connectivity index (χ1n) is 4.86. The molecule has 0 saturated carbocycles. The van der Waals surface area contributed by atoms with Crippen LogP contribution in [0.4, 0.5) is 4.39 Å². The summed E-state index contributed by atoms with van der Waals surface area (Å²) in [7, 11) is 1.61. The maximum atomic E-state index is 13.4. The molecule has 0 aromatic heterocycles. The Bertz CT molecular complexity index is 371. The van der Waals surface area contributed by atoms with Gasteiger partial charge in [0.05, 0.1) is 6.61 Å². The zero-order chi connectivity index (χ0) is 12.0. The SMILES string of the molecule is COCCCOc1ccc(C(N)=S)cc1F. The first-order valence-corrected chi connectivity index (χ1v) is 5.27. The summed E-state index contributed by atoms with van der Waals surface area (Å²) >= 11 is 4.74. The van der Waals surface area contributed by atoms with Crippen LogP contribution in [-0.4, -0.2) is 25.3 Å². The summed E-state index contributed by atoms with van der Waals surface area (Å²) in [6.45, 7) is 1.00. The Morgan fingerprint density at radius 2 is 2.19 bits per heavy atom. The number of ether oxygens (including phenoxy) is 2. The molecule has 0 atom stereocenters. The van der Waals surface area contributed by atoms with Gasteiger partial charge in [-0.1, -0.05) is 12.2 Å². The van der Waals surface area contributed by atoms with Gasteiger partial charge >= 0.3 is 0 Å². The fraction of sp³-hybridized carbons (Fsp3) is 0.364. The molecule has 5 heteroatoms. The Morgan fingerprint density at radius 1 is 1.44 bits per heavy atom. The van der Waals surface area contributed by atoms with Gasteiger partial charge in [-0.15, -0.1) is 0 Å². The Labute approximate surface area is 99.3 Å². The van der Waals surface area contributed by atoms with Gasteiger partial charge in [0.25, 0.3) is 0 Å². The van der Waals surface area contributed by atoms with Gasteiger partial charge in [-0.25, -0.2) is 4.39 Å². The number of methoxy groups -OCH3 is 1. The average Bonchev–Trinajstić information content (AvgIpc) is 2.26. The van der Waals surface area contributed by atoms with Gasteiger partial charge in [0.1, 0.15) is 4.99 Å². The first kappa shape index (κ1) is 12.9. The summed E-state index contributed by atoms with van der Waals surface area (Å²) in [4.78, 5) is 0.171. The van der Waals surface area contributed by atoms with Crippen molar-refractivity contribution in [2.45, 2.75) is 6.42 Å². The molecule has 0 aliphatic carbocycles. The topological polar surface area (TPSA) is 44.5 Å². The lowest BCUT2D eigenvalue weighted by Gasteiger charge is -2.07. The minimum Gasteiger partial charge on any atom is -0.490 e. The van der Waals surface area contributed by atoms with Crippen LogP contribution >= 0.6 is 12.2 Å². The molecule has 0 unspecified atom stereocenters. The summed E-state index contributed by atoms with van der Waals surface area (Å²) in [6, 6.07) is 4.43. The molecule has 1 aromatic rings. The number of benzene rings is 1. The van der Waals surface area contributed by atoms with E-state index in [1.807, 2.05) is 0 Å². The molecule has 88 valence electrons. The van der Waals surface area contributed by atoms with E-state index in [1.54, 1.807) is 13.2 Å². The van der Waals surface area contributed by atoms with Crippen LogP contribution in [0.1, 0.15) is 12.0 Å². The van der Waals surface area contributed by atoms with Gasteiger partial charge in [0.15, 0.2) is 11.6 Å². The van der Waals surface area contributed by atoms with Crippen LogP contribution in [-0.2, 0) is 4.74 Å². The van der Waals surface area contributed by atoms with Crippen molar-refractivity contribution in [2.24, 2.45) is 5.73 Å². The summed E-state index contributed by atoms with van der Waals surface area (Å²) in [5.41, 5.74) is 5.88. The molecular formula is C11H14FNO2S. The zero-order valence-electron chi connectivity index (χ0n) is 9.03. The molecule has 0 radical (unpaired) electrons. The molecule has 0 aliphatic heterocycles. The van der Waals surface area contributed by atoms with Gasteiger partial charge in [-0.05, 0) is 18.2 Å². The molecule has 0 fully saturated rings. The number of halogens is 1. The smallest absolute Gasteiger partial charge is 0.165 e. The number of rotatable bonds is 6. The van der Waals surface area contributed by atoms with Gasteiger partial charge < -0.3 is 15.2 Å². The summed E-state index contributed by atoms with van der Waals surface area (Å²) < 4.78 is 23.5. The van der Waals surface area contributed by atoms with Crippen molar-refractivity contribution in [3.8, 4) is 5.75 Å². The summed E-state index contributed by atoms with van der Waals surface area (Å²) in [5.74, 6) is -0.251. The molecule has 0 spiro atoms. The van der Waals surface area contributed by atoms with Crippen LogP contribution in [0.3, 0.4) is 0 Å². The van der Waals surface area contributed by atoms with E-state index in [4.69, 9.17) is 27.4 Å². The average molecular weight is 243 g/mol. The minimum atomic E-state index is -0.456. The minimum absolute atomic E-state index is 0.171. The highest BCUT2D eigenvalue weighted by atomic mass is 32.1. The van der Waals surface area contributed by atoms with Crippen LogP contribution in [0, 0.1) is 5.82 Å². The van der Waals surface area contributed by atoms with Crippen LogP contribution in [0.15, 0.2) is 18.2 Å². The van der Waals surface area contributed by atoms with E-state index in [-0.39, 0.29) is 10.7 Å². The van der Waals surface area contributed by atoms with E-state index in [1.165, 1.54) is 12.1 Å². The maximum absolute atomic E-state index is 13.4. The van der Waals surface area contributed by atoms with Crippen molar-refractivity contribution in [2.75, 3.05) is 20.3 Å². The molecule has 0 heterocycles. The van der Waals surface area contributed by atoms with Crippen molar-refractivity contribution < 1.29 is 13.9 Å². The molecule has 0 amide bonds. The fourth-order valence-electron chi connectivity index (χ4n) is 1.16. The number of nitrogens with two attached hydrogens (primary N) is 1. The summed E-state index contributed by atoms with van der Waals surface area (Å²) in [6.07, 6.45) is 0.715. The second-order valence-electron chi connectivity index (χ2n) is 3.20. The maximum Gasteiger partial charge on any atom is 0.165 e. The van der Waals surface area contributed by atoms with Crippen molar-refractivity contribution in [3.05, 3.63) is 29.6 Å². The van der Waals surface area contributed by atoms with Crippen molar-refractivity contribution in [1.29, 1.82) is 0 Å². The highest BCUT2D eigenvalue weighted by Gasteiger charge is 2.05. The lowest BCUT2D eigenvalue weighted by molar-refractivity contribution is 0.170. The standard InChI is InChI=1S/C11H14FNO2S/c1-14-5-2-6-15-10-4-3-8(11(13)16)7-9(10)12/h3-4,7H,2,5-6H2,1H3,(H2,13,16).